The lowest BCUT2D eigenvalue weighted by Crippen LogP contribution is -2.32. The number of ether oxygens (including phenoxy) is 1. The lowest BCUT2D eigenvalue weighted by molar-refractivity contribution is -0.139. The van der Waals surface area contributed by atoms with E-state index in [1.807, 2.05) is 37.4 Å². The summed E-state index contributed by atoms with van der Waals surface area (Å²) in [6, 6.07) is 19.3. The topological polar surface area (TPSA) is 82.6 Å². The molecule has 1 aromatic heterocycles. The molecule has 1 unspecified atom stereocenters. The summed E-state index contributed by atoms with van der Waals surface area (Å²) in [4.78, 5) is 31.0. The van der Waals surface area contributed by atoms with Crippen LogP contribution in [0.25, 0.3) is 16.7 Å². The van der Waals surface area contributed by atoms with Crippen LogP contribution in [0.15, 0.2) is 84.6 Å². The van der Waals surface area contributed by atoms with Crippen molar-refractivity contribution in [2.45, 2.75) is 19.4 Å². The van der Waals surface area contributed by atoms with Gasteiger partial charge in [-0.25, -0.2) is 4.39 Å². The number of likely N-dealkylation sites (tertiary alicyclic amines) is 1. The van der Waals surface area contributed by atoms with Gasteiger partial charge in [-0.3, -0.25) is 9.59 Å². The molecule has 0 radical (unpaired) electrons. The maximum atomic E-state index is 15.0. The molecule has 1 atom stereocenters. The largest absolute Gasteiger partial charge is 0.507 e. The molecular formula is C29H25FN2O4. The Morgan fingerprint density at radius 2 is 1.75 bits per heavy atom. The number of rotatable bonds is 7. The minimum absolute atomic E-state index is 0.131. The zero-order valence-electron chi connectivity index (χ0n) is 19.7. The van der Waals surface area contributed by atoms with Gasteiger partial charge in [-0.1, -0.05) is 36.4 Å². The molecule has 1 aliphatic rings. The molecule has 1 aliphatic heterocycles. The molecular weight excluding hydrogens is 459 g/mol. The van der Waals surface area contributed by atoms with Gasteiger partial charge in [-0.15, -0.1) is 0 Å². The number of nitrogens with zero attached hydrogens (tertiary/aromatic N) is 1. The van der Waals surface area contributed by atoms with Crippen molar-refractivity contribution in [2.24, 2.45) is 0 Å². The number of aromatic amines is 1. The first kappa shape index (κ1) is 23.4. The lowest BCUT2D eigenvalue weighted by Gasteiger charge is -2.25. The Morgan fingerprint density at radius 3 is 2.50 bits per heavy atom. The standard InChI is InChI=1S/C29H25FN2O4/c1-2-36-20-13-11-18(12-14-20)27(33)25-26(22-8-3-5-9-23(22)30)32(29(35)28(25)34)16-15-19-17-31-24-10-6-4-7-21(19)24/h3-14,17,26,31,33H,2,15-16H2,1H3/b27-25-. The predicted molar refractivity (Wildman–Crippen MR) is 135 cm³/mol. The number of benzene rings is 3. The van der Waals surface area contributed by atoms with Gasteiger partial charge in [0.1, 0.15) is 17.3 Å². The molecule has 7 heteroatoms. The number of ketones is 1. The van der Waals surface area contributed by atoms with Crippen LogP contribution in [0.4, 0.5) is 4.39 Å². The van der Waals surface area contributed by atoms with Crippen LogP contribution in [0, 0.1) is 5.82 Å². The summed E-state index contributed by atoms with van der Waals surface area (Å²) in [6.45, 7) is 2.52. The second kappa shape index (κ2) is 9.70. The molecule has 0 saturated carbocycles. The van der Waals surface area contributed by atoms with Crippen LogP contribution in [-0.2, 0) is 16.0 Å². The summed E-state index contributed by atoms with van der Waals surface area (Å²) in [6.07, 6.45) is 2.32. The molecule has 2 heterocycles. The first-order valence-electron chi connectivity index (χ1n) is 11.8. The van der Waals surface area contributed by atoms with Crippen LogP contribution in [-0.4, -0.2) is 39.8 Å². The molecule has 6 nitrogen and oxygen atoms in total. The quantitative estimate of drug-likeness (QED) is 0.210. The highest BCUT2D eigenvalue weighted by molar-refractivity contribution is 6.46. The maximum absolute atomic E-state index is 15.0. The van der Waals surface area contributed by atoms with Crippen molar-refractivity contribution in [3.05, 3.63) is 107 Å². The Kier molecular flexibility index (Phi) is 6.29. The highest BCUT2D eigenvalue weighted by Crippen LogP contribution is 2.40. The number of aliphatic hydroxyl groups is 1. The summed E-state index contributed by atoms with van der Waals surface area (Å²) < 4.78 is 20.4. The van der Waals surface area contributed by atoms with Crippen molar-refractivity contribution in [1.29, 1.82) is 0 Å². The number of aliphatic hydroxyl groups excluding tert-OH is 1. The number of carbonyl (C=O) groups excluding carboxylic acids is 2. The van der Waals surface area contributed by atoms with Crippen LogP contribution >= 0.6 is 0 Å². The first-order chi connectivity index (χ1) is 17.5. The fourth-order valence-corrected chi connectivity index (χ4v) is 4.74. The second-order valence-electron chi connectivity index (χ2n) is 8.58. The Morgan fingerprint density at radius 1 is 1.03 bits per heavy atom. The van der Waals surface area contributed by atoms with E-state index >= 15 is 0 Å². The third kappa shape index (κ3) is 4.13. The zero-order chi connectivity index (χ0) is 25.2. The smallest absolute Gasteiger partial charge is 0.295 e. The normalized spacial score (nSPS) is 17.2. The Bertz CT molecular complexity index is 1470. The lowest BCUT2D eigenvalue weighted by atomic mass is 9.94. The number of para-hydroxylation sites is 1. The zero-order valence-corrected chi connectivity index (χ0v) is 19.7. The van der Waals surface area contributed by atoms with Gasteiger partial charge in [-0.05, 0) is 55.3 Å². The molecule has 1 fully saturated rings. The van der Waals surface area contributed by atoms with Crippen molar-refractivity contribution in [3.8, 4) is 5.75 Å². The van der Waals surface area contributed by atoms with E-state index in [0.29, 0.717) is 24.3 Å². The van der Waals surface area contributed by atoms with Crippen LogP contribution in [0.1, 0.15) is 29.7 Å². The van der Waals surface area contributed by atoms with E-state index < -0.39 is 23.5 Å². The van der Waals surface area contributed by atoms with Gasteiger partial charge in [-0.2, -0.15) is 0 Å². The van der Waals surface area contributed by atoms with Gasteiger partial charge in [0, 0.05) is 34.8 Å². The van der Waals surface area contributed by atoms with E-state index in [9.17, 15) is 19.1 Å². The number of aromatic nitrogens is 1. The number of fused-ring (bicyclic) bond motifs is 1. The van der Waals surface area contributed by atoms with Crippen molar-refractivity contribution in [2.75, 3.05) is 13.2 Å². The molecule has 0 spiro atoms. The number of amides is 1. The Hall–Kier alpha value is -4.39. The monoisotopic (exact) mass is 484 g/mol. The fourth-order valence-electron chi connectivity index (χ4n) is 4.74. The summed E-state index contributed by atoms with van der Waals surface area (Å²) in [5.74, 6) is -1.90. The number of nitrogens with one attached hydrogen (secondary N) is 1. The van der Waals surface area contributed by atoms with E-state index in [4.69, 9.17) is 4.74 Å². The molecule has 1 saturated heterocycles. The van der Waals surface area contributed by atoms with E-state index in [0.717, 1.165) is 16.5 Å². The fraction of sp³-hybridized carbons (Fsp3) is 0.172. The third-order valence-corrected chi connectivity index (χ3v) is 6.48. The second-order valence-corrected chi connectivity index (χ2v) is 8.58. The highest BCUT2D eigenvalue weighted by atomic mass is 19.1. The van der Waals surface area contributed by atoms with Gasteiger partial charge in [0.05, 0.1) is 18.2 Å². The number of H-pyrrole nitrogens is 1. The van der Waals surface area contributed by atoms with Gasteiger partial charge < -0.3 is 19.7 Å². The average molecular weight is 485 g/mol. The highest BCUT2D eigenvalue weighted by Gasteiger charge is 2.46. The summed E-state index contributed by atoms with van der Waals surface area (Å²) in [5, 5.41) is 12.2. The minimum Gasteiger partial charge on any atom is -0.507 e. The molecule has 3 aromatic carbocycles. The molecule has 5 rings (SSSR count). The van der Waals surface area contributed by atoms with Crippen LogP contribution in [0.2, 0.25) is 0 Å². The summed E-state index contributed by atoms with van der Waals surface area (Å²) in [7, 11) is 0. The van der Waals surface area contributed by atoms with Crippen molar-refractivity contribution in [1.82, 2.24) is 9.88 Å². The van der Waals surface area contributed by atoms with Crippen molar-refractivity contribution < 1.29 is 23.8 Å². The summed E-state index contributed by atoms with van der Waals surface area (Å²) >= 11 is 0. The van der Waals surface area contributed by atoms with E-state index in [-0.39, 0.29) is 23.4 Å². The van der Waals surface area contributed by atoms with Crippen LogP contribution in [0.3, 0.4) is 0 Å². The van der Waals surface area contributed by atoms with E-state index in [1.54, 1.807) is 36.4 Å². The number of hydrogen-bond acceptors (Lipinski definition) is 4. The number of Topliss-reactive ketones (excluding diaryl/α,β-unsaturated/α-hetero) is 1. The molecule has 4 aromatic rings. The SMILES string of the molecule is CCOc1ccc(/C(O)=C2/C(=O)C(=O)N(CCc3c[nH]c4ccccc34)C2c2ccccc2F)cc1. The molecule has 0 bridgehead atoms. The van der Waals surface area contributed by atoms with Gasteiger partial charge in [0.2, 0.25) is 0 Å². The predicted octanol–water partition coefficient (Wildman–Crippen LogP) is 5.37. The van der Waals surface area contributed by atoms with Gasteiger partial charge in [0.25, 0.3) is 11.7 Å². The number of hydrogen-bond donors (Lipinski definition) is 2. The molecule has 0 aliphatic carbocycles. The molecule has 1 amide bonds. The Labute approximate surface area is 207 Å². The average Bonchev–Trinajstić information content (AvgIpc) is 3.42. The minimum atomic E-state index is -1.05. The van der Waals surface area contributed by atoms with Crippen molar-refractivity contribution in [3.63, 3.8) is 0 Å². The van der Waals surface area contributed by atoms with E-state index in [1.165, 1.54) is 17.0 Å². The van der Waals surface area contributed by atoms with Crippen LogP contribution < -0.4 is 4.74 Å². The van der Waals surface area contributed by atoms with Crippen LogP contribution in [0.5, 0.6) is 5.75 Å². The Balaban J connectivity index is 1.55. The van der Waals surface area contributed by atoms with Gasteiger partial charge in [0.15, 0.2) is 0 Å². The van der Waals surface area contributed by atoms with Gasteiger partial charge >= 0.3 is 0 Å². The van der Waals surface area contributed by atoms with Crippen molar-refractivity contribution >= 4 is 28.4 Å². The molecule has 182 valence electrons. The number of halogens is 1. The number of carbonyl (C=O) groups is 2. The first-order valence-corrected chi connectivity index (χ1v) is 11.8. The molecule has 36 heavy (non-hydrogen) atoms. The molecule has 2 N–H and O–H groups in total. The summed E-state index contributed by atoms with van der Waals surface area (Å²) in [5.41, 5.74) is 2.31. The third-order valence-electron chi connectivity index (χ3n) is 6.48. The van der Waals surface area contributed by atoms with E-state index in [2.05, 4.69) is 4.98 Å². The maximum Gasteiger partial charge on any atom is 0.295 e.